The van der Waals surface area contributed by atoms with Gasteiger partial charge in [0.05, 0.1) is 10.6 Å². The van der Waals surface area contributed by atoms with Crippen molar-refractivity contribution in [1.82, 2.24) is 4.57 Å². The van der Waals surface area contributed by atoms with Crippen LogP contribution in [-0.4, -0.2) is 29.8 Å². The molecular formula is C18H14N2O4S. The molecule has 0 saturated heterocycles. The summed E-state index contributed by atoms with van der Waals surface area (Å²) in [5.74, 6) is -0.967. The molecule has 3 aromatic rings. The van der Waals surface area contributed by atoms with Crippen molar-refractivity contribution in [2.45, 2.75) is 18.4 Å². The van der Waals surface area contributed by atoms with Crippen molar-refractivity contribution < 1.29 is 18.3 Å². The van der Waals surface area contributed by atoms with Crippen LogP contribution in [0, 0.1) is 6.92 Å². The molecule has 2 heterocycles. The quantitative estimate of drug-likeness (QED) is 0.783. The van der Waals surface area contributed by atoms with Crippen LogP contribution in [0.3, 0.4) is 0 Å². The van der Waals surface area contributed by atoms with E-state index in [1.165, 1.54) is 6.07 Å². The maximum absolute atomic E-state index is 12.3. The molecule has 7 heteroatoms. The summed E-state index contributed by atoms with van der Waals surface area (Å²) in [4.78, 5) is 11.3. The summed E-state index contributed by atoms with van der Waals surface area (Å²) in [5, 5.41) is 9.93. The number of hydrogen-bond acceptors (Lipinski definition) is 3. The molecule has 0 amide bonds. The SMILES string of the molecule is Cc1ccc2c(c1)c(C1=NS(=O)(=O)c3ccccc31)cn2CC(=O)O. The highest BCUT2D eigenvalue weighted by molar-refractivity contribution is 7.90. The first kappa shape index (κ1) is 15.6. The van der Waals surface area contributed by atoms with Crippen molar-refractivity contribution >= 4 is 32.6 Å². The van der Waals surface area contributed by atoms with Gasteiger partial charge in [-0.1, -0.05) is 29.8 Å². The predicted molar refractivity (Wildman–Crippen MR) is 93.6 cm³/mol. The first-order chi connectivity index (χ1) is 11.9. The number of sulfonamides is 1. The summed E-state index contributed by atoms with van der Waals surface area (Å²) >= 11 is 0. The number of carbonyl (C=O) groups is 1. The highest BCUT2D eigenvalue weighted by atomic mass is 32.2. The van der Waals surface area contributed by atoms with Gasteiger partial charge in [-0.15, -0.1) is 0 Å². The van der Waals surface area contributed by atoms with Gasteiger partial charge in [0, 0.05) is 28.2 Å². The molecule has 1 N–H and O–H groups in total. The molecule has 25 heavy (non-hydrogen) atoms. The third-order valence-electron chi connectivity index (χ3n) is 4.23. The molecule has 0 radical (unpaired) electrons. The Bertz CT molecular complexity index is 1170. The molecule has 0 aliphatic carbocycles. The standard InChI is InChI=1S/C18H14N2O4S/c1-11-6-7-15-13(8-11)14(9-20(15)10-17(21)22)18-12-4-2-3-5-16(12)25(23,24)19-18/h2-9H,10H2,1H3,(H,21,22). The van der Waals surface area contributed by atoms with E-state index in [9.17, 15) is 13.2 Å². The fourth-order valence-electron chi connectivity index (χ4n) is 3.18. The van der Waals surface area contributed by atoms with Crippen LogP contribution >= 0.6 is 0 Å². The van der Waals surface area contributed by atoms with Crippen molar-refractivity contribution in [1.29, 1.82) is 0 Å². The molecule has 0 unspecified atom stereocenters. The number of hydrogen-bond donors (Lipinski definition) is 1. The Labute approximate surface area is 144 Å². The Kier molecular flexibility index (Phi) is 3.30. The number of nitrogens with zero attached hydrogens (tertiary/aromatic N) is 2. The van der Waals surface area contributed by atoms with E-state index in [1.54, 1.807) is 29.0 Å². The van der Waals surface area contributed by atoms with Gasteiger partial charge < -0.3 is 9.67 Å². The van der Waals surface area contributed by atoms with Gasteiger partial charge >= 0.3 is 5.97 Å². The molecular weight excluding hydrogens is 340 g/mol. The van der Waals surface area contributed by atoms with Gasteiger partial charge in [0.25, 0.3) is 10.0 Å². The first-order valence-electron chi connectivity index (χ1n) is 7.63. The lowest BCUT2D eigenvalue weighted by Crippen LogP contribution is -2.07. The zero-order valence-electron chi connectivity index (χ0n) is 13.3. The smallest absolute Gasteiger partial charge is 0.323 e. The third kappa shape index (κ3) is 2.44. The molecule has 1 aromatic heterocycles. The first-order valence-corrected chi connectivity index (χ1v) is 9.07. The largest absolute Gasteiger partial charge is 0.480 e. The second-order valence-electron chi connectivity index (χ2n) is 6.00. The van der Waals surface area contributed by atoms with E-state index in [0.717, 1.165) is 16.5 Å². The van der Waals surface area contributed by atoms with Crippen molar-refractivity contribution in [3.8, 4) is 0 Å². The van der Waals surface area contributed by atoms with Crippen LogP contribution in [0.1, 0.15) is 16.7 Å². The van der Waals surface area contributed by atoms with E-state index in [-0.39, 0.29) is 11.4 Å². The lowest BCUT2D eigenvalue weighted by molar-refractivity contribution is -0.137. The number of benzene rings is 2. The maximum atomic E-state index is 12.3. The summed E-state index contributed by atoms with van der Waals surface area (Å²) < 4.78 is 30.2. The topological polar surface area (TPSA) is 88.7 Å². The van der Waals surface area contributed by atoms with Crippen molar-refractivity contribution in [2.75, 3.05) is 0 Å². The van der Waals surface area contributed by atoms with Crippen LogP contribution in [0.15, 0.2) is 58.0 Å². The highest BCUT2D eigenvalue weighted by Crippen LogP contribution is 2.33. The summed E-state index contributed by atoms with van der Waals surface area (Å²) in [7, 11) is -3.73. The number of aryl methyl sites for hydroxylation is 1. The van der Waals surface area contributed by atoms with Crippen LogP contribution in [-0.2, 0) is 21.4 Å². The highest BCUT2D eigenvalue weighted by Gasteiger charge is 2.30. The van der Waals surface area contributed by atoms with Gasteiger partial charge in [-0.2, -0.15) is 12.8 Å². The van der Waals surface area contributed by atoms with Gasteiger partial charge in [0.1, 0.15) is 6.54 Å². The predicted octanol–water partition coefficient (Wildman–Crippen LogP) is 2.57. The van der Waals surface area contributed by atoms with E-state index in [0.29, 0.717) is 16.8 Å². The van der Waals surface area contributed by atoms with Crippen LogP contribution in [0.5, 0.6) is 0 Å². The third-order valence-corrected chi connectivity index (χ3v) is 5.56. The van der Waals surface area contributed by atoms with Crippen LogP contribution < -0.4 is 0 Å². The monoisotopic (exact) mass is 354 g/mol. The minimum absolute atomic E-state index is 0.178. The van der Waals surface area contributed by atoms with Crippen LogP contribution in [0.4, 0.5) is 0 Å². The zero-order valence-corrected chi connectivity index (χ0v) is 14.1. The molecule has 4 rings (SSSR count). The summed E-state index contributed by atoms with van der Waals surface area (Å²) in [6, 6.07) is 12.3. The van der Waals surface area contributed by atoms with Crippen molar-refractivity contribution in [2.24, 2.45) is 4.40 Å². The van der Waals surface area contributed by atoms with Crippen LogP contribution in [0.2, 0.25) is 0 Å². The van der Waals surface area contributed by atoms with E-state index in [2.05, 4.69) is 4.40 Å². The zero-order chi connectivity index (χ0) is 17.8. The number of carboxylic acids is 1. The minimum atomic E-state index is -3.73. The van der Waals surface area contributed by atoms with Gasteiger partial charge in [0.2, 0.25) is 0 Å². The van der Waals surface area contributed by atoms with Gasteiger partial charge in [-0.25, -0.2) is 0 Å². The molecule has 0 spiro atoms. The number of fused-ring (bicyclic) bond motifs is 2. The molecule has 1 aliphatic rings. The van der Waals surface area contributed by atoms with E-state index >= 15 is 0 Å². The second kappa shape index (κ2) is 5.29. The Morgan fingerprint density at radius 2 is 1.92 bits per heavy atom. The lowest BCUT2D eigenvalue weighted by atomic mass is 10.0. The Morgan fingerprint density at radius 1 is 1.16 bits per heavy atom. The number of carboxylic acid groups (broad SMARTS) is 1. The molecule has 0 atom stereocenters. The molecule has 0 fully saturated rings. The van der Waals surface area contributed by atoms with Crippen molar-refractivity contribution in [3.05, 3.63) is 65.4 Å². The van der Waals surface area contributed by atoms with Crippen molar-refractivity contribution in [3.63, 3.8) is 0 Å². The Hall–Kier alpha value is -2.93. The lowest BCUT2D eigenvalue weighted by Gasteiger charge is -2.01. The summed E-state index contributed by atoms with van der Waals surface area (Å²) in [5.41, 5.74) is 3.24. The van der Waals surface area contributed by atoms with E-state index < -0.39 is 16.0 Å². The second-order valence-corrected chi connectivity index (χ2v) is 7.57. The summed E-state index contributed by atoms with van der Waals surface area (Å²) in [6.45, 7) is 1.72. The number of rotatable bonds is 3. The average Bonchev–Trinajstić information content (AvgIpc) is 3.02. The Balaban J connectivity index is 2.02. The molecule has 6 nitrogen and oxygen atoms in total. The molecule has 0 bridgehead atoms. The van der Waals surface area contributed by atoms with Gasteiger partial charge in [0.15, 0.2) is 0 Å². The fourth-order valence-corrected chi connectivity index (χ4v) is 4.40. The molecule has 2 aromatic carbocycles. The maximum Gasteiger partial charge on any atom is 0.323 e. The van der Waals surface area contributed by atoms with Gasteiger partial charge in [-0.3, -0.25) is 4.79 Å². The normalized spacial score (nSPS) is 15.2. The molecule has 1 aliphatic heterocycles. The van der Waals surface area contributed by atoms with E-state index in [4.69, 9.17) is 5.11 Å². The van der Waals surface area contributed by atoms with E-state index in [1.807, 2.05) is 25.1 Å². The fraction of sp³-hybridized carbons (Fsp3) is 0.111. The molecule has 126 valence electrons. The molecule has 0 saturated carbocycles. The average molecular weight is 354 g/mol. The minimum Gasteiger partial charge on any atom is -0.480 e. The Morgan fingerprint density at radius 3 is 2.68 bits per heavy atom. The van der Waals surface area contributed by atoms with Gasteiger partial charge in [-0.05, 0) is 25.1 Å². The van der Waals surface area contributed by atoms with Crippen LogP contribution in [0.25, 0.3) is 10.9 Å². The number of aromatic nitrogens is 1. The number of aliphatic carboxylic acids is 1. The summed E-state index contributed by atoms with van der Waals surface area (Å²) in [6.07, 6.45) is 1.66.